The van der Waals surface area contributed by atoms with Gasteiger partial charge in [0.15, 0.2) is 11.2 Å². The highest BCUT2D eigenvalue weighted by Crippen LogP contribution is 2.04. The van der Waals surface area contributed by atoms with Gasteiger partial charge in [-0.15, -0.1) is 0 Å². The SMILES string of the molecule is COCCn1cnc2c1c(=O)n(C)c(=O)n2C. The van der Waals surface area contributed by atoms with Crippen LogP contribution in [0.2, 0.25) is 0 Å². The van der Waals surface area contributed by atoms with Gasteiger partial charge in [-0.25, -0.2) is 9.78 Å². The van der Waals surface area contributed by atoms with Crippen molar-refractivity contribution in [2.45, 2.75) is 6.54 Å². The molecule has 7 heteroatoms. The van der Waals surface area contributed by atoms with Crippen LogP contribution in [-0.4, -0.2) is 32.4 Å². The largest absolute Gasteiger partial charge is 0.383 e. The van der Waals surface area contributed by atoms with Gasteiger partial charge in [0, 0.05) is 27.7 Å². The smallest absolute Gasteiger partial charge is 0.332 e. The molecule has 2 aromatic rings. The second-order valence-electron chi connectivity index (χ2n) is 3.81. The first-order valence-electron chi connectivity index (χ1n) is 5.17. The zero-order valence-electron chi connectivity index (χ0n) is 10.0. The third-order valence-corrected chi connectivity index (χ3v) is 2.75. The predicted octanol–water partition coefficient (Wildman–Crippen LogP) is -0.920. The number of aromatic nitrogens is 4. The molecule has 0 bridgehead atoms. The number of ether oxygens (including phenoxy) is 1. The second kappa shape index (κ2) is 4.17. The Hall–Kier alpha value is -1.89. The highest BCUT2D eigenvalue weighted by atomic mass is 16.5. The van der Waals surface area contributed by atoms with E-state index in [0.29, 0.717) is 24.3 Å². The number of methoxy groups -OCH3 is 1. The average molecular weight is 238 g/mol. The number of fused-ring (bicyclic) bond motifs is 1. The number of rotatable bonds is 3. The van der Waals surface area contributed by atoms with Crippen LogP contribution in [-0.2, 0) is 25.4 Å². The normalized spacial score (nSPS) is 11.2. The van der Waals surface area contributed by atoms with Crippen LogP contribution in [0.25, 0.3) is 11.2 Å². The number of nitrogens with zero attached hydrogens (tertiary/aromatic N) is 4. The lowest BCUT2D eigenvalue weighted by atomic mass is 10.5. The highest BCUT2D eigenvalue weighted by molar-refractivity contribution is 5.69. The van der Waals surface area contributed by atoms with Crippen LogP contribution in [0.3, 0.4) is 0 Å². The quantitative estimate of drug-likeness (QED) is 0.693. The topological polar surface area (TPSA) is 71.1 Å². The van der Waals surface area contributed by atoms with E-state index in [2.05, 4.69) is 4.98 Å². The summed E-state index contributed by atoms with van der Waals surface area (Å²) < 4.78 is 9.10. The minimum Gasteiger partial charge on any atom is -0.383 e. The molecular formula is C10H14N4O3. The van der Waals surface area contributed by atoms with Crippen LogP contribution in [0, 0.1) is 0 Å². The van der Waals surface area contributed by atoms with E-state index in [1.165, 1.54) is 11.6 Å². The Labute approximate surface area is 96.9 Å². The van der Waals surface area contributed by atoms with Crippen molar-refractivity contribution in [3.8, 4) is 0 Å². The van der Waals surface area contributed by atoms with E-state index in [4.69, 9.17) is 4.74 Å². The van der Waals surface area contributed by atoms with Gasteiger partial charge in [0.2, 0.25) is 0 Å². The van der Waals surface area contributed by atoms with E-state index in [0.717, 1.165) is 4.57 Å². The minimum absolute atomic E-state index is 0.336. The maximum Gasteiger partial charge on any atom is 0.332 e. The molecule has 0 unspecified atom stereocenters. The van der Waals surface area contributed by atoms with Gasteiger partial charge < -0.3 is 9.30 Å². The molecule has 0 radical (unpaired) electrons. The van der Waals surface area contributed by atoms with Crippen molar-refractivity contribution in [1.82, 2.24) is 18.7 Å². The fourth-order valence-corrected chi connectivity index (χ4v) is 1.76. The van der Waals surface area contributed by atoms with E-state index in [-0.39, 0.29) is 11.2 Å². The summed E-state index contributed by atoms with van der Waals surface area (Å²) >= 11 is 0. The summed E-state index contributed by atoms with van der Waals surface area (Å²) in [6.45, 7) is 1.01. The molecule has 0 saturated heterocycles. The Kier molecular flexibility index (Phi) is 2.84. The lowest BCUT2D eigenvalue weighted by Crippen LogP contribution is -2.37. The summed E-state index contributed by atoms with van der Waals surface area (Å²) in [5, 5.41) is 0. The molecule has 17 heavy (non-hydrogen) atoms. The summed E-state index contributed by atoms with van der Waals surface area (Å²) in [4.78, 5) is 27.8. The molecule has 2 heterocycles. The van der Waals surface area contributed by atoms with Gasteiger partial charge in [-0.2, -0.15) is 0 Å². The molecule has 0 atom stereocenters. The van der Waals surface area contributed by atoms with Crippen molar-refractivity contribution in [2.75, 3.05) is 13.7 Å². The van der Waals surface area contributed by atoms with Crippen molar-refractivity contribution < 1.29 is 4.74 Å². The second-order valence-corrected chi connectivity index (χ2v) is 3.81. The van der Waals surface area contributed by atoms with E-state index >= 15 is 0 Å². The first-order valence-corrected chi connectivity index (χ1v) is 5.17. The van der Waals surface area contributed by atoms with Crippen LogP contribution in [0.4, 0.5) is 0 Å². The fraction of sp³-hybridized carbons (Fsp3) is 0.500. The Bertz CT molecular complexity index is 664. The van der Waals surface area contributed by atoms with Crippen LogP contribution < -0.4 is 11.2 Å². The van der Waals surface area contributed by atoms with Gasteiger partial charge in [-0.05, 0) is 0 Å². The molecule has 0 spiro atoms. The monoisotopic (exact) mass is 238 g/mol. The zero-order valence-corrected chi connectivity index (χ0v) is 10.0. The molecule has 0 fully saturated rings. The molecule has 0 aliphatic carbocycles. The Morgan fingerprint density at radius 1 is 1.29 bits per heavy atom. The lowest BCUT2D eigenvalue weighted by molar-refractivity contribution is 0.188. The van der Waals surface area contributed by atoms with Crippen molar-refractivity contribution in [3.63, 3.8) is 0 Å². The first kappa shape index (κ1) is 11.6. The first-order chi connectivity index (χ1) is 8.07. The number of aryl methyl sites for hydroxylation is 1. The molecule has 2 rings (SSSR count). The molecule has 2 aromatic heterocycles. The molecule has 0 N–H and O–H groups in total. The molecule has 7 nitrogen and oxygen atoms in total. The predicted molar refractivity (Wildman–Crippen MR) is 62.1 cm³/mol. The average Bonchev–Trinajstić information content (AvgIpc) is 2.75. The molecule has 0 aliphatic heterocycles. The lowest BCUT2D eigenvalue weighted by Gasteiger charge is -2.05. The molecule has 0 aromatic carbocycles. The summed E-state index contributed by atoms with van der Waals surface area (Å²) in [5.74, 6) is 0. The Morgan fingerprint density at radius 2 is 2.00 bits per heavy atom. The van der Waals surface area contributed by atoms with Crippen molar-refractivity contribution in [1.29, 1.82) is 0 Å². The summed E-state index contributed by atoms with van der Waals surface area (Å²) in [7, 11) is 4.64. The maximum absolute atomic E-state index is 12.0. The van der Waals surface area contributed by atoms with Crippen LogP contribution >= 0.6 is 0 Å². The molecule has 0 saturated carbocycles. The number of hydrogen-bond acceptors (Lipinski definition) is 4. The maximum atomic E-state index is 12.0. The highest BCUT2D eigenvalue weighted by Gasteiger charge is 2.13. The Morgan fingerprint density at radius 3 is 2.65 bits per heavy atom. The third-order valence-electron chi connectivity index (χ3n) is 2.75. The molecule has 0 amide bonds. The third kappa shape index (κ3) is 1.68. The van der Waals surface area contributed by atoms with Crippen LogP contribution in [0.5, 0.6) is 0 Å². The summed E-state index contributed by atoms with van der Waals surface area (Å²) in [6, 6.07) is 0. The minimum atomic E-state index is -0.375. The fourth-order valence-electron chi connectivity index (χ4n) is 1.76. The van der Waals surface area contributed by atoms with Crippen LogP contribution in [0.15, 0.2) is 15.9 Å². The van der Waals surface area contributed by atoms with E-state index in [1.54, 1.807) is 25.1 Å². The molecule has 92 valence electrons. The van der Waals surface area contributed by atoms with Crippen LogP contribution in [0.1, 0.15) is 0 Å². The zero-order chi connectivity index (χ0) is 12.6. The van der Waals surface area contributed by atoms with Gasteiger partial charge in [0.25, 0.3) is 5.56 Å². The standard InChI is InChI=1S/C10H14N4O3/c1-12-8-7(9(15)13(2)10(12)16)14(6-11-8)4-5-17-3/h6H,4-5H2,1-3H3. The van der Waals surface area contributed by atoms with Gasteiger partial charge in [0.05, 0.1) is 12.9 Å². The van der Waals surface area contributed by atoms with Gasteiger partial charge >= 0.3 is 5.69 Å². The van der Waals surface area contributed by atoms with E-state index in [9.17, 15) is 9.59 Å². The van der Waals surface area contributed by atoms with E-state index < -0.39 is 0 Å². The Balaban J connectivity index is 2.77. The van der Waals surface area contributed by atoms with Gasteiger partial charge in [-0.1, -0.05) is 0 Å². The number of hydrogen-bond donors (Lipinski definition) is 0. The van der Waals surface area contributed by atoms with Crippen molar-refractivity contribution in [2.24, 2.45) is 14.1 Å². The van der Waals surface area contributed by atoms with E-state index in [1.807, 2.05) is 0 Å². The van der Waals surface area contributed by atoms with Gasteiger partial charge in [-0.3, -0.25) is 13.9 Å². The van der Waals surface area contributed by atoms with Gasteiger partial charge in [0.1, 0.15) is 0 Å². The molecular weight excluding hydrogens is 224 g/mol. The summed E-state index contributed by atoms with van der Waals surface area (Å²) in [6.07, 6.45) is 1.55. The number of imidazole rings is 1. The van der Waals surface area contributed by atoms with Crippen molar-refractivity contribution in [3.05, 3.63) is 27.2 Å². The van der Waals surface area contributed by atoms with Crippen molar-refractivity contribution >= 4 is 11.2 Å². The summed E-state index contributed by atoms with van der Waals surface area (Å²) in [5.41, 5.74) is 0.108. The molecule has 0 aliphatic rings.